The van der Waals surface area contributed by atoms with Crippen LogP contribution in [0.25, 0.3) is 0 Å². The molecule has 0 spiro atoms. The molecule has 1 atom stereocenters. The average Bonchev–Trinajstić information content (AvgIpc) is 2.31. The zero-order chi connectivity index (χ0) is 14.4. The van der Waals surface area contributed by atoms with Crippen LogP contribution in [-0.4, -0.2) is 17.1 Å². The number of unbranched alkanes of at least 4 members (excludes halogenated alkanes) is 1. The first-order chi connectivity index (χ1) is 8.95. The van der Waals surface area contributed by atoms with Gasteiger partial charge in [-0.1, -0.05) is 31.4 Å². The summed E-state index contributed by atoms with van der Waals surface area (Å²) in [6.45, 7) is 6.62. The number of aryl methyl sites for hydroxylation is 2. The maximum atomic E-state index is 11.2. The van der Waals surface area contributed by atoms with Gasteiger partial charge in [-0.3, -0.25) is 4.79 Å². The van der Waals surface area contributed by atoms with Crippen molar-refractivity contribution in [2.75, 3.05) is 0 Å². The largest absolute Gasteiger partial charge is 0.480 e. The third kappa shape index (κ3) is 4.84. The second kappa shape index (κ2) is 7.51. The van der Waals surface area contributed by atoms with Gasteiger partial charge in [0.1, 0.15) is 6.04 Å². The lowest BCUT2D eigenvalue weighted by atomic mass is 10.0. The molecule has 1 aromatic rings. The van der Waals surface area contributed by atoms with Gasteiger partial charge in [-0.05, 0) is 49.1 Å². The molecule has 0 saturated carbocycles. The molecule has 0 fully saturated rings. The molecule has 1 unspecified atom stereocenters. The van der Waals surface area contributed by atoms with Crippen molar-refractivity contribution in [2.24, 2.45) is 0 Å². The van der Waals surface area contributed by atoms with Crippen molar-refractivity contribution in [3.63, 3.8) is 0 Å². The van der Waals surface area contributed by atoms with Gasteiger partial charge in [0.05, 0.1) is 0 Å². The Hall–Kier alpha value is -1.06. The maximum Gasteiger partial charge on any atom is 0.320 e. The SMILES string of the molecule is CCCCC(NCc1c(C)cc(Cl)cc1C)C(=O)O. The standard InChI is InChI=1S/C15H22ClNO2/c1-4-5-6-14(15(18)19)17-9-13-10(2)7-12(16)8-11(13)3/h7-8,14,17H,4-6,9H2,1-3H3,(H,18,19). The third-order valence-electron chi connectivity index (χ3n) is 3.33. The first kappa shape index (κ1) is 16.0. The Morgan fingerprint density at radius 2 is 1.95 bits per heavy atom. The van der Waals surface area contributed by atoms with Crippen LogP contribution in [0.2, 0.25) is 5.02 Å². The van der Waals surface area contributed by atoms with E-state index >= 15 is 0 Å². The number of carboxylic acid groups (broad SMARTS) is 1. The van der Waals surface area contributed by atoms with Gasteiger partial charge in [0.15, 0.2) is 0 Å². The summed E-state index contributed by atoms with van der Waals surface area (Å²) in [5.74, 6) is -0.780. The minimum atomic E-state index is -0.780. The molecule has 0 saturated heterocycles. The molecule has 1 aromatic carbocycles. The molecule has 0 aliphatic heterocycles. The van der Waals surface area contributed by atoms with Gasteiger partial charge in [-0.25, -0.2) is 0 Å². The van der Waals surface area contributed by atoms with Crippen LogP contribution >= 0.6 is 11.6 Å². The number of nitrogens with one attached hydrogen (secondary N) is 1. The highest BCUT2D eigenvalue weighted by Crippen LogP contribution is 2.20. The van der Waals surface area contributed by atoms with E-state index in [9.17, 15) is 9.90 Å². The lowest BCUT2D eigenvalue weighted by molar-refractivity contribution is -0.139. The van der Waals surface area contributed by atoms with Gasteiger partial charge in [0, 0.05) is 11.6 Å². The third-order valence-corrected chi connectivity index (χ3v) is 3.55. The van der Waals surface area contributed by atoms with Crippen LogP contribution in [0, 0.1) is 13.8 Å². The van der Waals surface area contributed by atoms with Crippen LogP contribution in [0.15, 0.2) is 12.1 Å². The number of carboxylic acids is 1. The summed E-state index contributed by atoms with van der Waals surface area (Å²) in [6.07, 6.45) is 2.59. The Kier molecular flexibility index (Phi) is 6.32. The summed E-state index contributed by atoms with van der Waals surface area (Å²) in [7, 11) is 0. The first-order valence-corrected chi connectivity index (χ1v) is 7.05. The molecule has 0 amide bonds. The molecular formula is C15H22ClNO2. The summed E-state index contributed by atoms with van der Waals surface area (Å²) in [4.78, 5) is 11.2. The van der Waals surface area contributed by atoms with Crippen LogP contribution in [0.1, 0.15) is 42.9 Å². The molecule has 0 bridgehead atoms. The number of hydrogen-bond donors (Lipinski definition) is 2. The number of hydrogen-bond acceptors (Lipinski definition) is 2. The molecule has 2 N–H and O–H groups in total. The van der Waals surface area contributed by atoms with E-state index in [1.165, 1.54) is 0 Å². The monoisotopic (exact) mass is 283 g/mol. The van der Waals surface area contributed by atoms with Gasteiger partial charge in [0.25, 0.3) is 0 Å². The van der Waals surface area contributed by atoms with E-state index in [1.807, 2.05) is 26.0 Å². The lowest BCUT2D eigenvalue weighted by Crippen LogP contribution is -2.36. The molecule has 0 aliphatic rings. The lowest BCUT2D eigenvalue weighted by Gasteiger charge is -2.17. The zero-order valence-corrected chi connectivity index (χ0v) is 12.5. The minimum Gasteiger partial charge on any atom is -0.480 e. The Labute approximate surface area is 120 Å². The predicted octanol–water partition coefficient (Wildman–Crippen LogP) is 3.69. The van der Waals surface area contributed by atoms with Gasteiger partial charge in [-0.2, -0.15) is 0 Å². The predicted molar refractivity (Wildman–Crippen MR) is 78.7 cm³/mol. The fourth-order valence-electron chi connectivity index (χ4n) is 2.17. The van der Waals surface area contributed by atoms with Crippen molar-refractivity contribution in [3.05, 3.63) is 33.8 Å². The van der Waals surface area contributed by atoms with Gasteiger partial charge in [-0.15, -0.1) is 0 Å². The molecule has 1 rings (SSSR count). The second-order valence-electron chi connectivity index (χ2n) is 4.93. The highest BCUT2D eigenvalue weighted by Gasteiger charge is 2.16. The molecular weight excluding hydrogens is 262 g/mol. The molecule has 19 heavy (non-hydrogen) atoms. The summed E-state index contributed by atoms with van der Waals surface area (Å²) in [5.41, 5.74) is 3.32. The molecule has 0 radical (unpaired) electrons. The second-order valence-corrected chi connectivity index (χ2v) is 5.37. The molecule has 3 nitrogen and oxygen atoms in total. The number of halogens is 1. The first-order valence-electron chi connectivity index (χ1n) is 6.67. The Morgan fingerprint density at radius 1 is 1.37 bits per heavy atom. The smallest absolute Gasteiger partial charge is 0.320 e. The van der Waals surface area contributed by atoms with Crippen molar-refractivity contribution >= 4 is 17.6 Å². The molecule has 0 aliphatic carbocycles. The van der Waals surface area contributed by atoms with Gasteiger partial charge < -0.3 is 10.4 Å². The molecule has 0 aromatic heterocycles. The van der Waals surface area contributed by atoms with Gasteiger partial charge >= 0.3 is 5.97 Å². The molecule has 106 valence electrons. The van der Waals surface area contributed by atoms with Crippen LogP contribution in [0.3, 0.4) is 0 Å². The minimum absolute atomic E-state index is 0.477. The van der Waals surface area contributed by atoms with Crippen molar-refractivity contribution in [3.8, 4) is 0 Å². The van der Waals surface area contributed by atoms with Crippen molar-refractivity contribution in [2.45, 2.75) is 52.6 Å². The van der Waals surface area contributed by atoms with Crippen LogP contribution in [-0.2, 0) is 11.3 Å². The maximum absolute atomic E-state index is 11.2. The summed E-state index contributed by atoms with van der Waals surface area (Å²) < 4.78 is 0. The van der Waals surface area contributed by atoms with E-state index < -0.39 is 12.0 Å². The quantitative estimate of drug-likeness (QED) is 0.802. The summed E-state index contributed by atoms with van der Waals surface area (Å²) >= 11 is 5.99. The number of benzene rings is 1. The topological polar surface area (TPSA) is 49.3 Å². The molecule has 4 heteroatoms. The van der Waals surface area contributed by atoms with Crippen molar-refractivity contribution in [1.82, 2.24) is 5.32 Å². The Bertz CT molecular complexity index is 423. The van der Waals surface area contributed by atoms with Gasteiger partial charge in [0.2, 0.25) is 0 Å². The van der Waals surface area contributed by atoms with Crippen LogP contribution in [0.4, 0.5) is 0 Å². The Morgan fingerprint density at radius 3 is 2.42 bits per heavy atom. The van der Waals surface area contributed by atoms with E-state index in [4.69, 9.17) is 11.6 Å². The van der Waals surface area contributed by atoms with Crippen LogP contribution < -0.4 is 5.32 Å². The zero-order valence-electron chi connectivity index (χ0n) is 11.8. The fourth-order valence-corrected chi connectivity index (χ4v) is 2.49. The van der Waals surface area contributed by atoms with Crippen molar-refractivity contribution < 1.29 is 9.90 Å². The van der Waals surface area contributed by atoms with Crippen molar-refractivity contribution in [1.29, 1.82) is 0 Å². The van der Waals surface area contributed by atoms with E-state index in [2.05, 4.69) is 12.2 Å². The highest BCUT2D eigenvalue weighted by atomic mass is 35.5. The normalized spacial score (nSPS) is 12.4. The van der Waals surface area contributed by atoms with E-state index in [0.717, 1.165) is 34.6 Å². The number of rotatable bonds is 7. The van der Waals surface area contributed by atoms with E-state index in [0.29, 0.717) is 13.0 Å². The average molecular weight is 284 g/mol. The number of carbonyl (C=O) groups is 1. The van der Waals surface area contributed by atoms with E-state index in [-0.39, 0.29) is 0 Å². The summed E-state index contributed by atoms with van der Waals surface area (Å²) in [6, 6.07) is 3.34. The summed E-state index contributed by atoms with van der Waals surface area (Å²) in [5, 5.41) is 13.0. The molecule has 0 heterocycles. The highest BCUT2D eigenvalue weighted by molar-refractivity contribution is 6.30. The Balaban J connectivity index is 2.71. The van der Waals surface area contributed by atoms with E-state index in [1.54, 1.807) is 0 Å². The fraction of sp³-hybridized carbons (Fsp3) is 0.533. The number of aliphatic carboxylic acids is 1. The van der Waals surface area contributed by atoms with Crippen LogP contribution in [0.5, 0.6) is 0 Å².